The number of carbonyl (C=O) groups excluding carboxylic acids is 1. The first-order valence-corrected chi connectivity index (χ1v) is 10.3. The maximum atomic E-state index is 12.9. The molecule has 10 heteroatoms. The van der Waals surface area contributed by atoms with Crippen LogP contribution in [0.4, 0.5) is 14.5 Å². The van der Waals surface area contributed by atoms with Crippen LogP contribution in [0.3, 0.4) is 0 Å². The van der Waals surface area contributed by atoms with Crippen molar-refractivity contribution in [1.29, 1.82) is 0 Å². The fraction of sp³-hybridized carbons (Fsp3) is 0.316. The third-order valence-electron chi connectivity index (χ3n) is 4.20. The van der Waals surface area contributed by atoms with Crippen molar-refractivity contribution in [2.45, 2.75) is 16.8 Å². The number of sulfone groups is 1. The Kier molecular flexibility index (Phi) is 6.33. The standard InChI is InChI=1S/C19H20F2N2O5S/c1-23(10-13-12-27-15-7-3-4-8-16(15)28-13)11-18(24)22-14-6-2-5-9-17(14)29(25,26)19(20)21/h2-9,13,19H,10-12H2,1H3,(H,22,24). The Morgan fingerprint density at radius 2 is 1.83 bits per heavy atom. The SMILES string of the molecule is CN(CC(=O)Nc1ccccc1S(=O)(=O)C(F)F)CC1COc2ccccc2O1. The summed E-state index contributed by atoms with van der Waals surface area (Å²) in [5.74, 6) is -2.84. The van der Waals surface area contributed by atoms with E-state index in [1.165, 1.54) is 18.2 Å². The molecule has 0 saturated carbocycles. The lowest BCUT2D eigenvalue weighted by molar-refractivity contribution is -0.117. The topological polar surface area (TPSA) is 84.9 Å². The Labute approximate surface area is 167 Å². The summed E-state index contributed by atoms with van der Waals surface area (Å²) in [5, 5.41) is 2.39. The largest absolute Gasteiger partial charge is 0.486 e. The summed E-state index contributed by atoms with van der Waals surface area (Å²) in [4.78, 5) is 13.4. The molecule has 1 unspecified atom stereocenters. The zero-order chi connectivity index (χ0) is 21.0. The molecule has 0 fully saturated rings. The molecule has 0 spiro atoms. The lowest BCUT2D eigenvalue weighted by Crippen LogP contribution is -2.42. The number of hydrogen-bond acceptors (Lipinski definition) is 6. The predicted octanol–water partition coefficient (Wildman–Crippen LogP) is 2.39. The van der Waals surface area contributed by atoms with Gasteiger partial charge in [-0.15, -0.1) is 0 Å². The molecule has 29 heavy (non-hydrogen) atoms. The number of nitrogens with zero attached hydrogens (tertiary/aromatic N) is 1. The molecular weight excluding hydrogens is 406 g/mol. The van der Waals surface area contributed by atoms with Gasteiger partial charge in [0.1, 0.15) is 12.7 Å². The number of nitrogens with one attached hydrogen (secondary N) is 1. The number of ether oxygens (including phenoxy) is 2. The number of carbonyl (C=O) groups is 1. The van der Waals surface area contributed by atoms with E-state index in [9.17, 15) is 22.0 Å². The number of anilines is 1. The van der Waals surface area contributed by atoms with Crippen molar-refractivity contribution in [1.82, 2.24) is 4.90 Å². The summed E-state index contributed by atoms with van der Waals surface area (Å²) in [6, 6.07) is 12.3. The first-order valence-electron chi connectivity index (χ1n) is 8.75. The van der Waals surface area contributed by atoms with Crippen molar-refractivity contribution in [3.8, 4) is 11.5 Å². The number of alkyl halides is 2. The second kappa shape index (κ2) is 8.75. The number of para-hydroxylation sites is 3. The molecule has 0 saturated heterocycles. The van der Waals surface area contributed by atoms with E-state index < -0.39 is 26.4 Å². The van der Waals surface area contributed by atoms with E-state index in [0.717, 1.165) is 6.07 Å². The lowest BCUT2D eigenvalue weighted by Gasteiger charge is -2.29. The van der Waals surface area contributed by atoms with Crippen LogP contribution in [0.1, 0.15) is 0 Å². The number of hydrogen-bond donors (Lipinski definition) is 1. The average Bonchev–Trinajstić information content (AvgIpc) is 2.67. The molecule has 2 aromatic carbocycles. The number of benzene rings is 2. The molecule has 0 aromatic heterocycles. The fourth-order valence-electron chi connectivity index (χ4n) is 2.91. The smallest absolute Gasteiger partial charge is 0.341 e. The van der Waals surface area contributed by atoms with E-state index in [1.54, 1.807) is 24.1 Å². The summed E-state index contributed by atoms with van der Waals surface area (Å²) < 4.78 is 60.7. The highest BCUT2D eigenvalue weighted by molar-refractivity contribution is 7.91. The highest BCUT2D eigenvalue weighted by atomic mass is 32.2. The summed E-state index contributed by atoms with van der Waals surface area (Å²) in [5.41, 5.74) is -0.183. The highest BCUT2D eigenvalue weighted by Gasteiger charge is 2.29. The van der Waals surface area contributed by atoms with Crippen LogP contribution in [0.15, 0.2) is 53.4 Å². The van der Waals surface area contributed by atoms with E-state index in [-0.39, 0.29) is 18.3 Å². The second-order valence-electron chi connectivity index (χ2n) is 6.54. The monoisotopic (exact) mass is 426 g/mol. The molecule has 0 bridgehead atoms. The Bertz CT molecular complexity index is 984. The van der Waals surface area contributed by atoms with Gasteiger partial charge in [0.2, 0.25) is 15.7 Å². The zero-order valence-corrected chi connectivity index (χ0v) is 16.4. The molecule has 7 nitrogen and oxygen atoms in total. The van der Waals surface area contributed by atoms with Gasteiger partial charge in [-0.05, 0) is 31.3 Å². The molecule has 0 aliphatic carbocycles. The van der Waals surface area contributed by atoms with Crippen molar-refractivity contribution >= 4 is 21.4 Å². The molecule has 0 radical (unpaired) electrons. The maximum Gasteiger partial charge on any atom is 0.341 e. The van der Waals surface area contributed by atoms with Gasteiger partial charge < -0.3 is 14.8 Å². The molecule has 1 aliphatic rings. The minimum atomic E-state index is -4.83. The summed E-state index contributed by atoms with van der Waals surface area (Å²) >= 11 is 0. The van der Waals surface area contributed by atoms with Gasteiger partial charge in [-0.1, -0.05) is 24.3 Å². The van der Waals surface area contributed by atoms with E-state index >= 15 is 0 Å². The first-order chi connectivity index (χ1) is 13.8. The van der Waals surface area contributed by atoms with Crippen LogP contribution in [0.2, 0.25) is 0 Å². The van der Waals surface area contributed by atoms with Gasteiger partial charge in [-0.2, -0.15) is 8.78 Å². The van der Waals surface area contributed by atoms with E-state index in [4.69, 9.17) is 9.47 Å². The third kappa shape index (κ3) is 5.01. The quantitative estimate of drug-likeness (QED) is 0.732. The van der Waals surface area contributed by atoms with Gasteiger partial charge in [-0.3, -0.25) is 9.69 Å². The minimum absolute atomic E-state index is 0.0927. The Balaban J connectivity index is 1.59. The van der Waals surface area contributed by atoms with Crippen LogP contribution in [0, 0.1) is 0 Å². The van der Waals surface area contributed by atoms with Gasteiger partial charge in [0.05, 0.1) is 17.1 Å². The summed E-state index contributed by atoms with van der Waals surface area (Å²) in [6.07, 6.45) is -0.297. The molecular formula is C19H20F2N2O5S. The third-order valence-corrected chi connectivity index (χ3v) is 5.64. The Morgan fingerprint density at radius 3 is 2.55 bits per heavy atom. The number of rotatable bonds is 7. The average molecular weight is 426 g/mol. The number of fused-ring (bicyclic) bond motifs is 1. The van der Waals surface area contributed by atoms with E-state index in [0.29, 0.717) is 24.7 Å². The van der Waals surface area contributed by atoms with E-state index in [2.05, 4.69) is 5.32 Å². The molecule has 156 valence electrons. The minimum Gasteiger partial charge on any atom is -0.486 e. The van der Waals surface area contributed by atoms with Crippen LogP contribution in [0.5, 0.6) is 11.5 Å². The first kappa shape index (κ1) is 21.0. The highest BCUT2D eigenvalue weighted by Crippen LogP contribution is 2.31. The van der Waals surface area contributed by atoms with Gasteiger partial charge in [0, 0.05) is 6.54 Å². The molecule has 1 N–H and O–H groups in total. The Morgan fingerprint density at radius 1 is 1.17 bits per heavy atom. The number of amides is 1. The lowest BCUT2D eigenvalue weighted by atomic mass is 10.2. The number of halogens is 2. The molecule has 1 heterocycles. The van der Waals surface area contributed by atoms with Crippen molar-refractivity contribution in [3.63, 3.8) is 0 Å². The summed E-state index contributed by atoms with van der Waals surface area (Å²) in [6.45, 7) is 0.599. The van der Waals surface area contributed by atoms with Crippen molar-refractivity contribution in [2.75, 3.05) is 32.1 Å². The van der Waals surface area contributed by atoms with Crippen molar-refractivity contribution < 1.29 is 31.5 Å². The fourth-order valence-corrected chi connectivity index (χ4v) is 3.80. The molecule has 1 amide bonds. The van der Waals surface area contributed by atoms with Crippen LogP contribution in [-0.2, 0) is 14.6 Å². The van der Waals surface area contributed by atoms with Crippen LogP contribution < -0.4 is 14.8 Å². The van der Waals surface area contributed by atoms with Crippen LogP contribution >= 0.6 is 0 Å². The Hall–Kier alpha value is -2.72. The van der Waals surface area contributed by atoms with Crippen LogP contribution in [0.25, 0.3) is 0 Å². The molecule has 1 atom stereocenters. The maximum absolute atomic E-state index is 12.9. The van der Waals surface area contributed by atoms with Crippen LogP contribution in [-0.4, -0.2) is 57.8 Å². The van der Waals surface area contributed by atoms with Crippen molar-refractivity contribution in [2.24, 2.45) is 0 Å². The zero-order valence-electron chi connectivity index (χ0n) is 15.5. The molecule has 2 aromatic rings. The van der Waals surface area contributed by atoms with E-state index in [1.807, 2.05) is 12.1 Å². The van der Waals surface area contributed by atoms with Gasteiger partial charge in [0.25, 0.3) is 0 Å². The van der Waals surface area contributed by atoms with Crippen molar-refractivity contribution in [3.05, 3.63) is 48.5 Å². The summed E-state index contributed by atoms with van der Waals surface area (Å²) in [7, 11) is -3.15. The van der Waals surface area contributed by atoms with Gasteiger partial charge in [-0.25, -0.2) is 8.42 Å². The normalized spacial score (nSPS) is 16.1. The second-order valence-corrected chi connectivity index (χ2v) is 8.43. The number of likely N-dealkylation sites (N-methyl/N-ethyl adjacent to an activating group) is 1. The van der Waals surface area contributed by atoms with Gasteiger partial charge in [0.15, 0.2) is 11.5 Å². The molecule has 3 rings (SSSR count). The molecule has 1 aliphatic heterocycles. The van der Waals surface area contributed by atoms with Gasteiger partial charge >= 0.3 is 5.76 Å². The predicted molar refractivity (Wildman–Crippen MR) is 102 cm³/mol.